The van der Waals surface area contributed by atoms with Crippen LogP contribution in [0, 0.1) is 11.3 Å². The second kappa shape index (κ2) is 6.20. The summed E-state index contributed by atoms with van der Waals surface area (Å²) in [6, 6.07) is 7.44. The third-order valence-electron chi connectivity index (χ3n) is 2.45. The van der Waals surface area contributed by atoms with E-state index in [9.17, 15) is 8.42 Å². The van der Waals surface area contributed by atoms with Gasteiger partial charge in [-0.05, 0) is 40.2 Å². The van der Waals surface area contributed by atoms with Crippen LogP contribution in [0.2, 0.25) is 10.0 Å². The van der Waals surface area contributed by atoms with E-state index in [1.807, 2.05) is 0 Å². The van der Waals surface area contributed by atoms with Gasteiger partial charge in [0.15, 0.2) is 5.69 Å². The Labute approximate surface area is 139 Å². The molecule has 0 amide bonds. The second-order valence-electron chi connectivity index (χ2n) is 3.79. The summed E-state index contributed by atoms with van der Waals surface area (Å²) in [5, 5.41) is 9.16. The molecule has 0 radical (unpaired) electrons. The molecule has 0 aliphatic rings. The van der Waals surface area contributed by atoms with Crippen molar-refractivity contribution in [1.29, 1.82) is 5.26 Å². The maximum Gasteiger partial charge on any atom is 0.264 e. The van der Waals surface area contributed by atoms with E-state index in [2.05, 4.69) is 25.6 Å². The maximum atomic E-state index is 12.3. The van der Waals surface area contributed by atoms with Gasteiger partial charge in [0.1, 0.15) is 11.0 Å². The normalized spacial score (nSPS) is 11.0. The van der Waals surface area contributed by atoms with Crippen LogP contribution < -0.4 is 4.72 Å². The summed E-state index contributed by atoms with van der Waals surface area (Å²) in [6.07, 6.45) is 1.33. The number of rotatable bonds is 3. The van der Waals surface area contributed by atoms with E-state index >= 15 is 0 Å². The maximum absolute atomic E-state index is 12.3. The SMILES string of the molecule is N#Cc1ncccc1S(=O)(=O)Nc1ccc(Br)c(Cl)c1Cl. The molecule has 0 fully saturated rings. The number of anilines is 1. The van der Waals surface area contributed by atoms with Gasteiger partial charge in [0.25, 0.3) is 10.0 Å². The Bertz CT molecular complexity index is 850. The summed E-state index contributed by atoms with van der Waals surface area (Å²) >= 11 is 15.1. The van der Waals surface area contributed by atoms with E-state index in [1.54, 1.807) is 12.1 Å². The zero-order chi connectivity index (χ0) is 15.6. The minimum atomic E-state index is -4.00. The van der Waals surface area contributed by atoms with Gasteiger partial charge in [-0.15, -0.1) is 0 Å². The minimum Gasteiger partial charge on any atom is -0.278 e. The third-order valence-corrected chi connectivity index (χ3v) is 5.61. The Morgan fingerprint density at radius 1 is 1.24 bits per heavy atom. The van der Waals surface area contributed by atoms with E-state index in [4.69, 9.17) is 28.5 Å². The van der Waals surface area contributed by atoms with Crippen molar-refractivity contribution in [2.24, 2.45) is 0 Å². The van der Waals surface area contributed by atoms with Crippen LogP contribution in [-0.4, -0.2) is 13.4 Å². The van der Waals surface area contributed by atoms with Crippen LogP contribution in [-0.2, 0) is 10.0 Å². The third kappa shape index (κ3) is 3.30. The molecule has 1 aromatic carbocycles. The van der Waals surface area contributed by atoms with Crippen molar-refractivity contribution in [2.75, 3.05) is 4.72 Å². The van der Waals surface area contributed by atoms with Crippen molar-refractivity contribution >= 4 is 54.8 Å². The topological polar surface area (TPSA) is 82.8 Å². The highest BCUT2D eigenvalue weighted by Gasteiger charge is 2.21. The average Bonchev–Trinajstić information content (AvgIpc) is 2.48. The number of sulfonamides is 1. The Morgan fingerprint density at radius 2 is 1.95 bits per heavy atom. The van der Waals surface area contributed by atoms with E-state index in [0.29, 0.717) is 4.47 Å². The highest BCUT2D eigenvalue weighted by Crippen LogP contribution is 2.36. The van der Waals surface area contributed by atoms with Crippen LogP contribution in [0.15, 0.2) is 39.8 Å². The number of pyridine rings is 1. The first-order valence-electron chi connectivity index (χ1n) is 5.38. The molecule has 1 heterocycles. The summed E-state index contributed by atoms with van der Waals surface area (Å²) in [5.41, 5.74) is -0.0954. The molecule has 0 aliphatic heterocycles. The molecule has 1 aromatic heterocycles. The smallest absolute Gasteiger partial charge is 0.264 e. The van der Waals surface area contributed by atoms with Gasteiger partial charge in [0, 0.05) is 10.7 Å². The first-order valence-corrected chi connectivity index (χ1v) is 8.41. The van der Waals surface area contributed by atoms with Crippen molar-refractivity contribution in [3.63, 3.8) is 0 Å². The lowest BCUT2D eigenvalue weighted by atomic mass is 10.3. The molecule has 0 unspecified atom stereocenters. The molecule has 2 aromatic rings. The summed E-state index contributed by atoms with van der Waals surface area (Å²) < 4.78 is 27.5. The van der Waals surface area contributed by atoms with Gasteiger partial charge in [-0.25, -0.2) is 13.4 Å². The molecule has 9 heteroatoms. The van der Waals surface area contributed by atoms with Gasteiger partial charge in [-0.2, -0.15) is 5.26 Å². The van der Waals surface area contributed by atoms with E-state index in [1.165, 1.54) is 24.4 Å². The monoisotopic (exact) mass is 405 g/mol. The quantitative estimate of drug-likeness (QED) is 0.785. The molecule has 21 heavy (non-hydrogen) atoms. The lowest BCUT2D eigenvalue weighted by molar-refractivity contribution is 0.600. The zero-order valence-corrected chi connectivity index (χ0v) is 14.1. The largest absolute Gasteiger partial charge is 0.278 e. The van der Waals surface area contributed by atoms with Gasteiger partial charge >= 0.3 is 0 Å². The number of nitrogens with zero attached hydrogens (tertiary/aromatic N) is 2. The fraction of sp³-hybridized carbons (Fsp3) is 0. The molecule has 2 rings (SSSR count). The van der Waals surface area contributed by atoms with E-state index in [0.717, 1.165) is 0 Å². The number of benzene rings is 1. The van der Waals surface area contributed by atoms with Crippen molar-refractivity contribution in [3.05, 3.63) is 50.7 Å². The molecular weight excluding hydrogens is 401 g/mol. The molecule has 0 aliphatic carbocycles. The van der Waals surface area contributed by atoms with Gasteiger partial charge in [-0.3, -0.25) is 4.72 Å². The molecular formula is C12H6BrCl2N3O2S. The molecule has 5 nitrogen and oxygen atoms in total. The lowest BCUT2D eigenvalue weighted by Crippen LogP contribution is -2.15. The number of nitrogens with one attached hydrogen (secondary N) is 1. The van der Waals surface area contributed by atoms with Crippen LogP contribution in [0.4, 0.5) is 5.69 Å². The predicted molar refractivity (Wildman–Crippen MR) is 83.9 cm³/mol. The molecule has 1 N–H and O–H groups in total. The van der Waals surface area contributed by atoms with E-state index < -0.39 is 10.0 Å². The van der Waals surface area contributed by atoms with Crippen LogP contribution in [0.25, 0.3) is 0 Å². The zero-order valence-electron chi connectivity index (χ0n) is 10.1. The van der Waals surface area contributed by atoms with Crippen molar-refractivity contribution in [3.8, 4) is 6.07 Å². The second-order valence-corrected chi connectivity index (χ2v) is 7.05. The lowest BCUT2D eigenvalue weighted by Gasteiger charge is -2.11. The van der Waals surface area contributed by atoms with E-state index in [-0.39, 0.29) is 26.3 Å². The average molecular weight is 407 g/mol. The van der Waals surface area contributed by atoms with Crippen LogP contribution >= 0.6 is 39.1 Å². The standard InChI is InChI=1S/C12H6BrCl2N3O2S/c13-7-3-4-8(12(15)11(7)14)18-21(19,20)10-2-1-5-17-9(10)6-16/h1-5,18H. The van der Waals surface area contributed by atoms with Gasteiger partial charge in [-0.1, -0.05) is 23.2 Å². The molecule has 0 saturated heterocycles. The summed E-state index contributed by atoms with van der Waals surface area (Å²) in [7, 11) is -4.00. The molecule has 0 bridgehead atoms. The highest BCUT2D eigenvalue weighted by molar-refractivity contribution is 9.10. The van der Waals surface area contributed by atoms with Crippen molar-refractivity contribution < 1.29 is 8.42 Å². The fourth-order valence-electron chi connectivity index (χ4n) is 1.50. The molecule has 0 atom stereocenters. The molecule has 108 valence electrons. The highest BCUT2D eigenvalue weighted by atomic mass is 79.9. The first kappa shape index (κ1) is 16.0. The Morgan fingerprint density at radius 3 is 2.62 bits per heavy atom. The predicted octanol–water partition coefficient (Wildman–Crippen LogP) is 3.82. The Balaban J connectivity index is 2.48. The van der Waals surface area contributed by atoms with Crippen LogP contribution in [0.3, 0.4) is 0 Å². The number of halogens is 3. The summed E-state index contributed by atoms with van der Waals surface area (Å²) in [6.45, 7) is 0. The number of aromatic nitrogens is 1. The van der Waals surface area contributed by atoms with Crippen molar-refractivity contribution in [1.82, 2.24) is 4.98 Å². The molecule has 0 saturated carbocycles. The number of nitriles is 1. The van der Waals surface area contributed by atoms with Crippen LogP contribution in [0.1, 0.15) is 5.69 Å². The Kier molecular flexibility index (Phi) is 4.74. The van der Waals surface area contributed by atoms with Gasteiger partial charge in [0.2, 0.25) is 0 Å². The number of hydrogen-bond donors (Lipinski definition) is 1. The van der Waals surface area contributed by atoms with Gasteiger partial charge < -0.3 is 0 Å². The summed E-state index contributed by atoms with van der Waals surface area (Å²) in [5.74, 6) is 0. The van der Waals surface area contributed by atoms with Crippen molar-refractivity contribution in [2.45, 2.75) is 4.90 Å². The summed E-state index contributed by atoms with van der Waals surface area (Å²) in [4.78, 5) is 3.48. The van der Waals surface area contributed by atoms with Crippen LogP contribution in [0.5, 0.6) is 0 Å². The first-order chi connectivity index (χ1) is 9.86. The minimum absolute atomic E-state index is 0.0528. The Hall–Kier alpha value is -1.33. The molecule has 0 spiro atoms. The fourth-order valence-corrected chi connectivity index (χ4v) is 3.55. The van der Waals surface area contributed by atoms with Gasteiger partial charge in [0.05, 0.1) is 15.7 Å². The number of hydrogen-bond acceptors (Lipinski definition) is 4.